The molecule has 0 saturated heterocycles. The average molecular weight is 427 g/mol. The molecule has 1 aliphatic heterocycles. The Kier molecular flexibility index (Phi) is 6.83. The molecule has 1 N–H and O–H groups in total. The van der Waals surface area contributed by atoms with Crippen LogP contribution >= 0.6 is 11.9 Å². The largest absolute Gasteiger partial charge is 0.385 e. The first kappa shape index (κ1) is 20.6. The molecule has 0 saturated carbocycles. The van der Waals surface area contributed by atoms with Gasteiger partial charge in [-0.2, -0.15) is 0 Å². The normalized spacial score (nSPS) is 13.3. The number of fused-ring (bicyclic) bond motifs is 1. The average Bonchev–Trinajstić information content (AvgIpc) is 2.78. The lowest BCUT2D eigenvalue weighted by atomic mass is 10.1. The standard InChI is InChI=1S/C21H23FN6OS/c1-29-9-3-7-26-30-18-11-16(22)10-17(12-18)28-8-4-19-15(14-28)13-25-21(27-19)20-23-5-2-6-24-20/h2,5-6,10-13,26H,3-4,7-9,14H2,1H3. The van der Waals surface area contributed by atoms with Crippen molar-refractivity contribution in [1.29, 1.82) is 0 Å². The van der Waals surface area contributed by atoms with E-state index in [4.69, 9.17) is 4.74 Å². The van der Waals surface area contributed by atoms with Crippen molar-refractivity contribution in [3.63, 3.8) is 0 Å². The summed E-state index contributed by atoms with van der Waals surface area (Å²) in [4.78, 5) is 20.5. The molecule has 2 aromatic heterocycles. The van der Waals surface area contributed by atoms with E-state index in [1.165, 1.54) is 11.9 Å². The summed E-state index contributed by atoms with van der Waals surface area (Å²) in [5.41, 5.74) is 2.89. The molecular weight excluding hydrogens is 403 g/mol. The summed E-state index contributed by atoms with van der Waals surface area (Å²) in [6, 6.07) is 6.90. The van der Waals surface area contributed by atoms with Gasteiger partial charge in [-0.3, -0.25) is 4.72 Å². The molecule has 0 spiro atoms. The van der Waals surface area contributed by atoms with Crippen LogP contribution in [0.2, 0.25) is 0 Å². The third kappa shape index (κ3) is 5.10. The molecular formula is C21H23FN6OS. The van der Waals surface area contributed by atoms with Gasteiger partial charge in [0.1, 0.15) is 5.82 Å². The summed E-state index contributed by atoms with van der Waals surface area (Å²) in [5, 5.41) is 0. The summed E-state index contributed by atoms with van der Waals surface area (Å²) in [6.07, 6.45) is 6.85. The highest BCUT2D eigenvalue weighted by Crippen LogP contribution is 2.28. The first-order valence-corrected chi connectivity index (χ1v) is 10.6. The summed E-state index contributed by atoms with van der Waals surface area (Å²) in [7, 11) is 1.68. The Balaban J connectivity index is 1.45. The Morgan fingerprint density at radius 3 is 2.87 bits per heavy atom. The van der Waals surface area contributed by atoms with E-state index in [2.05, 4.69) is 29.6 Å². The van der Waals surface area contributed by atoms with Crippen LogP contribution in [0, 0.1) is 5.82 Å². The fraction of sp³-hybridized carbons (Fsp3) is 0.333. The van der Waals surface area contributed by atoms with E-state index in [1.807, 2.05) is 12.3 Å². The lowest BCUT2D eigenvalue weighted by Crippen LogP contribution is -2.31. The van der Waals surface area contributed by atoms with Gasteiger partial charge in [0, 0.05) is 74.5 Å². The minimum atomic E-state index is -0.243. The number of hydrogen-bond acceptors (Lipinski definition) is 8. The maximum atomic E-state index is 14.2. The monoisotopic (exact) mass is 426 g/mol. The number of aromatic nitrogens is 4. The van der Waals surface area contributed by atoms with Gasteiger partial charge in [-0.05, 0) is 42.6 Å². The van der Waals surface area contributed by atoms with Crippen molar-refractivity contribution in [3.05, 3.63) is 59.9 Å². The van der Waals surface area contributed by atoms with E-state index in [1.54, 1.807) is 37.7 Å². The molecule has 0 fully saturated rings. The van der Waals surface area contributed by atoms with E-state index in [9.17, 15) is 4.39 Å². The predicted molar refractivity (Wildman–Crippen MR) is 115 cm³/mol. The maximum absolute atomic E-state index is 14.2. The number of ether oxygens (including phenoxy) is 1. The highest BCUT2D eigenvalue weighted by atomic mass is 32.2. The molecule has 0 atom stereocenters. The Morgan fingerprint density at radius 1 is 1.17 bits per heavy atom. The third-order valence-corrected chi connectivity index (χ3v) is 5.56. The van der Waals surface area contributed by atoms with Crippen LogP contribution in [0.5, 0.6) is 0 Å². The molecule has 0 unspecified atom stereocenters. The Bertz CT molecular complexity index is 990. The SMILES string of the molecule is COCCCNSc1cc(F)cc(N2CCc3nc(-c4ncccn4)ncc3C2)c1. The van der Waals surface area contributed by atoms with Gasteiger partial charge in [0.2, 0.25) is 0 Å². The molecule has 0 radical (unpaired) electrons. The van der Waals surface area contributed by atoms with Crippen molar-refractivity contribution in [2.75, 3.05) is 31.7 Å². The minimum absolute atomic E-state index is 0.243. The number of benzene rings is 1. The number of halogens is 1. The number of rotatable bonds is 8. The molecule has 0 amide bonds. The van der Waals surface area contributed by atoms with Crippen LogP contribution in [0.1, 0.15) is 17.7 Å². The first-order chi connectivity index (χ1) is 14.7. The van der Waals surface area contributed by atoms with Crippen molar-refractivity contribution >= 4 is 17.6 Å². The molecule has 30 heavy (non-hydrogen) atoms. The van der Waals surface area contributed by atoms with Crippen LogP contribution in [-0.2, 0) is 17.7 Å². The second-order valence-corrected chi connectivity index (χ2v) is 7.86. The zero-order valence-corrected chi connectivity index (χ0v) is 17.5. The van der Waals surface area contributed by atoms with Crippen molar-refractivity contribution < 1.29 is 9.13 Å². The molecule has 7 nitrogen and oxygen atoms in total. The smallest absolute Gasteiger partial charge is 0.197 e. The van der Waals surface area contributed by atoms with Crippen LogP contribution in [0.15, 0.2) is 47.8 Å². The topological polar surface area (TPSA) is 76.1 Å². The summed E-state index contributed by atoms with van der Waals surface area (Å²) in [5.74, 6) is 0.812. The quantitative estimate of drug-likeness (QED) is 0.435. The van der Waals surface area contributed by atoms with Gasteiger partial charge in [0.05, 0.1) is 5.69 Å². The molecule has 3 aromatic rings. The van der Waals surface area contributed by atoms with E-state index >= 15 is 0 Å². The van der Waals surface area contributed by atoms with Crippen molar-refractivity contribution in [2.45, 2.75) is 24.3 Å². The third-order valence-electron chi connectivity index (χ3n) is 4.74. The van der Waals surface area contributed by atoms with Crippen molar-refractivity contribution in [3.8, 4) is 11.6 Å². The maximum Gasteiger partial charge on any atom is 0.197 e. The van der Waals surface area contributed by atoms with E-state index < -0.39 is 0 Å². The second kappa shape index (κ2) is 9.92. The minimum Gasteiger partial charge on any atom is -0.385 e. The molecule has 9 heteroatoms. The lowest BCUT2D eigenvalue weighted by Gasteiger charge is -2.30. The molecule has 156 valence electrons. The Hall–Kier alpha value is -2.62. The lowest BCUT2D eigenvalue weighted by molar-refractivity contribution is 0.196. The molecule has 0 bridgehead atoms. The second-order valence-electron chi connectivity index (χ2n) is 6.90. The van der Waals surface area contributed by atoms with Gasteiger partial charge in [0.25, 0.3) is 0 Å². The van der Waals surface area contributed by atoms with Gasteiger partial charge >= 0.3 is 0 Å². The van der Waals surface area contributed by atoms with Crippen LogP contribution in [0.3, 0.4) is 0 Å². The van der Waals surface area contributed by atoms with E-state index in [-0.39, 0.29) is 5.82 Å². The molecule has 0 aliphatic carbocycles. The summed E-state index contributed by atoms with van der Waals surface area (Å²) < 4.78 is 22.5. The van der Waals surface area contributed by atoms with Crippen molar-refractivity contribution in [1.82, 2.24) is 24.7 Å². The van der Waals surface area contributed by atoms with E-state index in [0.717, 1.165) is 47.8 Å². The van der Waals surface area contributed by atoms with Crippen molar-refractivity contribution in [2.24, 2.45) is 0 Å². The summed E-state index contributed by atoms with van der Waals surface area (Å²) in [6.45, 7) is 2.90. The summed E-state index contributed by atoms with van der Waals surface area (Å²) >= 11 is 1.44. The van der Waals surface area contributed by atoms with Gasteiger partial charge in [-0.15, -0.1) is 0 Å². The van der Waals surface area contributed by atoms with Gasteiger partial charge in [-0.1, -0.05) is 0 Å². The number of hydrogen-bond donors (Lipinski definition) is 1. The number of anilines is 1. The fourth-order valence-electron chi connectivity index (χ4n) is 3.27. The highest BCUT2D eigenvalue weighted by Gasteiger charge is 2.20. The van der Waals surface area contributed by atoms with Crippen LogP contribution in [-0.4, -0.2) is 46.7 Å². The molecule has 4 rings (SSSR count). The zero-order chi connectivity index (χ0) is 20.8. The van der Waals surface area contributed by atoms with Gasteiger partial charge < -0.3 is 9.64 Å². The van der Waals surface area contributed by atoms with Gasteiger partial charge in [-0.25, -0.2) is 24.3 Å². The molecule has 3 heterocycles. The Labute approximate surface area is 179 Å². The number of methoxy groups -OCH3 is 1. The first-order valence-electron chi connectivity index (χ1n) is 9.79. The predicted octanol–water partition coefficient (Wildman–Crippen LogP) is 3.27. The number of nitrogens with one attached hydrogen (secondary N) is 1. The highest BCUT2D eigenvalue weighted by molar-refractivity contribution is 7.97. The zero-order valence-electron chi connectivity index (χ0n) is 16.7. The Morgan fingerprint density at radius 2 is 2.03 bits per heavy atom. The van der Waals surface area contributed by atoms with Crippen LogP contribution < -0.4 is 9.62 Å². The van der Waals surface area contributed by atoms with Gasteiger partial charge in [0.15, 0.2) is 11.6 Å². The van der Waals surface area contributed by atoms with Crippen LogP contribution in [0.25, 0.3) is 11.6 Å². The van der Waals surface area contributed by atoms with E-state index in [0.29, 0.717) is 24.8 Å². The molecule has 1 aromatic carbocycles. The van der Waals surface area contributed by atoms with Crippen LogP contribution in [0.4, 0.5) is 10.1 Å². The number of nitrogens with zero attached hydrogens (tertiary/aromatic N) is 5. The fourth-order valence-corrected chi connectivity index (χ4v) is 4.04. The molecule has 1 aliphatic rings.